The van der Waals surface area contributed by atoms with E-state index in [1.807, 2.05) is 30.0 Å². The first-order valence-electron chi connectivity index (χ1n) is 8.04. The fourth-order valence-electron chi connectivity index (χ4n) is 2.87. The Morgan fingerprint density at radius 3 is 2.71 bits per heavy atom. The summed E-state index contributed by atoms with van der Waals surface area (Å²) in [5, 5.41) is 4.14. The molecule has 2 aromatic rings. The topological polar surface area (TPSA) is 69.5 Å². The van der Waals surface area contributed by atoms with E-state index in [4.69, 9.17) is 9.47 Å². The molecule has 0 aliphatic carbocycles. The van der Waals surface area contributed by atoms with Crippen molar-refractivity contribution >= 4 is 5.91 Å². The molecule has 0 unspecified atom stereocenters. The predicted molar refractivity (Wildman–Crippen MR) is 88.3 cm³/mol. The summed E-state index contributed by atoms with van der Waals surface area (Å²) >= 11 is 0. The lowest BCUT2D eigenvalue weighted by Crippen LogP contribution is -2.41. The zero-order valence-electron chi connectivity index (χ0n) is 14.2. The number of aryl methyl sites for hydroxylation is 2. The number of pyridine rings is 1. The maximum Gasteiger partial charge on any atom is 0.260 e. The summed E-state index contributed by atoms with van der Waals surface area (Å²) in [6, 6.07) is 5.74. The Labute approximate surface area is 141 Å². The molecule has 0 N–H and O–H groups in total. The molecule has 1 amide bonds. The highest BCUT2D eigenvalue weighted by Gasteiger charge is 2.28. The molecule has 3 heterocycles. The Morgan fingerprint density at radius 1 is 1.29 bits per heavy atom. The lowest BCUT2D eigenvalue weighted by atomic mass is 10.1. The third kappa shape index (κ3) is 3.50. The second-order valence-corrected chi connectivity index (χ2v) is 5.95. The molecule has 128 valence electrons. The van der Waals surface area contributed by atoms with Gasteiger partial charge in [0.15, 0.2) is 0 Å². The molecule has 0 radical (unpaired) electrons. The van der Waals surface area contributed by atoms with Crippen LogP contribution in [0.4, 0.5) is 0 Å². The second kappa shape index (κ2) is 6.90. The van der Waals surface area contributed by atoms with E-state index in [-0.39, 0.29) is 12.0 Å². The standard InChI is InChI=1S/C17H22N4O3/c1-12-5-4-6-15(18-12)24-13-7-9-21(10-8-13)17(22)14-11-20(2)19-16(14)23-3/h4-6,11,13H,7-10H2,1-3H3. The van der Waals surface area contributed by atoms with Crippen molar-refractivity contribution in [1.82, 2.24) is 19.7 Å². The van der Waals surface area contributed by atoms with Crippen molar-refractivity contribution in [2.24, 2.45) is 7.05 Å². The third-order valence-corrected chi connectivity index (χ3v) is 4.10. The molecule has 3 rings (SSSR count). The van der Waals surface area contributed by atoms with Gasteiger partial charge in [-0.25, -0.2) is 4.98 Å². The molecule has 0 aromatic carbocycles. The molecule has 0 atom stereocenters. The van der Waals surface area contributed by atoms with Crippen LogP contribution in [-0.4, -0.2) is 51.9 Å². The van der Waals surface area contributed by atoms with Crippen molar-refractivity contribution in [1.29, 1.82) is 0 Å². The number of carbonyl (C=O) groups excluding carboxylic acids is 1. The van der Waals surface area contributed by atoms with Gasteiger partial charge in [-0.3, -0.25) is 9.48 Å². The highest BCUT2D eigenvalue weighted by Crippen LogP contribution is 2.22. The van der Waals surface area contributed by atoms with Gasteiger partial charge in [0.1, 0.15) is 11.7 Å². The van der Waals surface area contributed by atoms with Gasteiger partial charge in [0.05, 0.1) is 7.11 Å². The average Bonchev–Trinajstić information content (AvgIpc) is 2.96. The molecule has 0 saturated carbocycles. The van der Waals surface area contributed by atoms with Crippen LogP contribution in [-0.2, 0) is 7.05 Å². The molecular formula is C17H22N4O3. The zero-order valence-corrected chi connectivity index (χ0v) is 14.2. The molecule has 1 aliphatic rings. The average molecular weight is 330 g/mol. The molecule has 1 aliphatic heterocycles. The summed E-state index contributed by atoms with van der Waals surface area (Å²) in [5.74, 6) is 0.964. The van der Waals surface area contributed by atoms with Crippen molar-refractivity contribution in [3.05, 3.63) is 35.7 Å². The Bertz CT molecular complexity index is 720. The second-order valence-electron chi connectivity index (χ2n) is 5.95. The van der Waals surface area contributed by atoms with Crippen LogP contribution in [0.25, 0.3) is 0 Å². The van der Waals surface area contributed by atoms with Crippen LogP contribution in [0.2, 0.25) is 0 Å². The zero-order chi connectivity index (χ0) is 17.1. The first-order valence-corrected chi connectivity index (χ1v) is 8.04. The number of ether oxygens (including phenoxy) is 2. The first-order chi connectivity index (χ1) is 11.6. The highest BCUT2D eigenvalue weighted by atomic mass is 16.5. The normalized spacial score (nSPS) is 15.4. The van der Waals surface area contributed by atoms with Gasteiger partial charge in [-0.15, -0.1) is 5.10 Å². The van der Waals surface area contributed by atoms with E-state index >= 15 is 0 Å². The van der Waals surface area contributed by atoms with E-state index < -0.39 is 0 Å². The lowest BCUT2D eigenvalue weighted by molar-refractivity contribution is 0.0585. The minimum absolute atomic E-state index is 0.0490. The van der Waals surface area contributed by atoms with E-state index in [0.29, 0.717) is 30.4 Å². The Hall–Kier alpha value is -2.57. The van der Waals surface area contributed by atoms with Crippen molar-refractivity contribution in [3.8, 4) is 11.8 Å². The number of piperidine rings is 1. The van der Waals surface area contributed by atoms with Crippen molar-refractivity contribution in [2.45, 2.75) is 25.9 Å². The maximum atomic E-state index is 12.6. The molecular weight excluding hydrogens is 308 g/mol. The Morgan fingerprint density at radius 2 is 2.04 bits per heavy atom. The number of hydrogen-bond acceptors (Lipinski definition) is 5. The number of aromatic nitrogens is 3. The first kappa shape index (κ1) is 16.3. The van der Waals surface area contributed by atoms with Gasteiger partial charge in [0.2, 0.25) is 11.8 Å². The smallest absolute Gasteiger partial charge is 0.260 e. The summed E-state index contributed by atoms with van der Waals surface area (Å²) in [7, 11) is 3.29. The van der Waals surface area contributed by atoms with Crippen LogP contribution in [0, 0.1) is 6.92 Å². The van der Waals surface area contributed by atoms with E-state index in [1.54, 1.807) is 17.9 Å². The van der Waals surface area contributed by atoms with E-state index in [9.17, 15) is 4.79 Å². The predicted octanol–water partition coefficient (Wildman–Crippen LogP) is 1.82. The SMILES string of the molecule is COc1nn(C)cc1C(=O)N1CCC(Oc2cccc(C)n2)CC1. The van der Waals surface area contributed by atoms with E-state index in [1.165, 1.54) is 7.11 Å². The van der Waals surface area contributed by atoms with Crippen molar-refractivity contribution < 1.29 is 14.3 Å². The maximum absolute atomic E-state index is 12.6. The highest BCUT2D eigenvalue weighted by molar-refractivity contribution is 5.96. The van der Waals surface area contributed by atoms with Crippen LogP contribution in [0.15, 0.2) is 24.4 Å². The summed E-state index contributed by atoms with van der Waals surface area (Å²) in [6.07, 6.45) is 3.34. The number of likely N-dealkylation sites (tertiary alicyclic amines) is 1. The number of nitrogens with zero attached hydrogens (tertiary/aromatic N) is 4. The van der Waals surface area contributed by atoms with E-state index in [0.717, 1.165) is 18.5 Å². The van der Waals surface area contributed by atoms with E-state index in [2.05, 4.69) is 10.1 Å². The molecule has 0 bridgehead atoms. The number of rotatable bonds is 4. The Kier molecular flexibility index (Phi) is 4.69. The lowest BCUT2D eigenvalue weighted by Gasteiger charge is -2.31. The summed E-state index contributed by atoms with van der Waals surface area (Å²) < 4.78 is 12.7. The fraction of sp³-hybridized carbons (Fsp3) is 0.471. The van der Waals surface area contributed by atoms with Crippen LogP contribution in [0.3, 0.4) is 0 Å². The Balaban J connectivity index is 1.59. The summed E-state index contributed by atoms with van der Waals surface area (Å²) in [5.41, 5.74) is 1.43. The van der Waals surface area contributed by atoms with Crippen LogP contribution in [0.1, 0.15) is 28.9 Å². The van der Waals surface area contributed by atoms with Crippen LogP contribution < -0.4 is 9.47 Å². The van der Waals surface area contributed by atoms with Gasteiger partial charge in [0, 0.05) is 50.9 Å². The molecule has 0 spiro atoms. The fourth-order valence-corrected chi connectivity index (χ4v) is 2.87. The third-order valence-electron chi connectivity index (χ3n) is 4.10. The number of hydrogen-bond donors (Lipinski definition) is 0. The number of carbonyl (C=O) groups is 1. The molecule has 7 heteroatoms. The largest absolute Gasteiger partial charge is 0.479 e. The minimum Gasteiger partial charge on any atom is -0.479 e. The van der Waals surface area contributed by atoms with Gasteiger partial charge in [-0.05, 0) is 13.0 Å². The number of amides is 1. The summed E-state index contributed by atoms with van der Waals surface area (Å²) in [6.45, 7) is 3.23. The van der Waals surface area contributed by atoms with Gasteiger partial charge in [-0.1, -0.05) is 6.07 Å². The molecule has 1 saturated heterocycles. The molecule has 2 aromatic heterocycles. The van der Waals surface area contributed by atoms with Crippen LogP contribution >= 0.6 is 0 Å². The molecule has 7 nitrogen and oxygen atoms in total. The van der Waals surface area contributed by atoms with Gasteiger partial charge < -0.3 is 14.4 Å². The van der Waals surface area contributed by atoms with Crippen molar-refractivity contribution in [3.63, 3.8) is 0 Å². The quantitative estimate of drug-likeness (QED) is 0.855. The van der Waals surface area contributed by atoms with Gasteiger partial charge in [-0.2, -0.15) is 0 Å². The van der Waals surface area contributed by atoms with Crippen LogP contribution in [0.5, 0.6) is 11.8 Å². The van der Waals surface area contributed by atoms with Gasteiger partial charge >= 0.3 is 0 Å². The number of methoxy groups -OCH3 is 1. The minimum atomic E-state index is -0.0490. The molecule has 1 fully saturated rings. The molecule has 24 heavy (non-hydrogen) atoms. The summed E-state index contributed by atoms with van der Waals surface area (Å²) in [4.78, 5) is 18.8. The van der Waals surface area contributed by atoms with Gasteiger partial charge in [0.25, 0.3) is 5.91 Å². The van der Waals surface area contributed by atoms with Crippen molar-refractivity contribution in [2.75, 3.05) is 20.2 Å². The monoisotopic (exact) mass is 330 g/mol.